The molecule has 33 heavy (non-hydrogen) atoms. The van der Waals surface area contributed by atoms with Crippen LogP contribution in [0, 0.1) is 5.92 Å². The second kappa shape index (κ2) is 11.0. The molecule has 1 aliphatic carbocycles. The van der Waals surface area contributed by atoms with E-state index >= 15 is 0 Å². The fraction of sp³-hybridized carbons (Fsp3) is 0.423. The van der Waals surface area contributed by atoms with Crippen molar-refractivity contribution >= 4 is 18.0 Å². The zero-order valence-corrected chi connectivity index (χ0v) is 19.3. The molecule has 1 aliphatic rings. The number of carboxylic acids is 1. The molecule has 0 fully saturated rings. The molecule has 2 unspecified atom stereocenters. The molecular weight excluding hydrogens is 420 g/mol. The van der Waals surface area contributed by atoms with Crippen molar-refractivity contribution in [3.05, 3.63) is 59.7 Å². The molecule has 3 N–H and O–H groups in total. The number of nitrogens with one attached hydrogen (secondary N) is 2. The maximum atomic E-state index is 12.6. The Morgan fingerprint density at radius 2 is 1.55 bits per heavy atom. The van der Waals surface area contributed by atoms with E-state index in [2.05, 4.69) is 34.9 Å². The Morgan fingerprint density at radius 3 is 2.09 bits per heavy atom. The molecular formula is C26H32N2O5. The number of carboxylic acid groups (broad SMARTS) is 1. The van der Waals surface area contributed by atoms with Gasteiger partial charge in [0.05, 0.1) is 5.92 Å². The van der Waals surface area contributed by atoms with Crippen LogP contribution in [0.25, 0.3) is 11.1 Å². The molecule has 0 heterocycles. The minimum absolute atomic E-state index is 0.0329. The van der Waals surface area contributed by atoms with Gasteiger partial charge >= 0.3 is 12.1 Å². The second-order valence-corrected chi connectivity index (χ2v) is 8.64. The van der Waals surface area contributed by atoms with Crippen molar-refractivity contribution in [1.82, 2.24) is 10.6 Å². The van der Waals surface area contributed by atoms with E-state index in [9.17, 15) is 14.4 Å². The summed E-state index contributed by atoms with van der Waals surface area (Å²) in [5.74, 6) is -2.00. The molecule has 7 heteroatoms. The molecule has 3 rings (SSSR count). The van der Waals surface area contributed by atoms with Gasteiger partial charge in [-0.05, 0) is 42.5 Å². The van der Waals surface area contributed by atoms with E-state index in [-0.39, 0.29) is 24.9 Å². The largest absolute Gasteiger partial charge is 0.481 e. The Kier molecular flexibility index (Phi) is 8.09. The fourth-order valence-electron chi connectivity index (χ4n) is 4.26. The van der Waals surface area contributed by atoms with Crippen molar-refractivity contribution in [2.24, 2.45) is 5.92 Å². The molecule has 2 aromatic rings. The Labute approximate surface area is 194 Å². The van der Waals surface area contributed by atoms with Gasteiger partial charge in [-0.25, -0.2) is 4.79 Å². The van der Waals surface area contributed by atoms with E-state index in [1.54, 1.807) is 13.8 Å². The number of fused-ring (bicyclic) bond motifs is 3. The number of benzene rings is 2. The Bertz CT molecular complexity index is 960. The fourth-order valence-corrected chi connectivity index (χ4v) is 4.26. The smallest absolute Gasteiger partial charge is 0.407 e. The van der Waals surface area contributed by atoms with E-state index in [1.807, 2.05) is 31.2 Å². The zero-order chi connectivity index (χ0) is 24.0. The number of amides is 2. The Balaban J connectivity index is 1.57. The van der Waals surface area contributed by atoms with E-state index in [0.29, 0.717) is 6.42 Å². The van der Waals surface area contributed by atoms with Gasteiger partial charge < -0.3 is 20.5 Å². The third kappa shape index (κ3) is 5.92. The topological polar surface area (TPSA) is 105 Å². The number of carbonyl (C=O) groups is 3. The van der Waals surface area contributed by atoms with Gasteiger partial charge in [-0.3, -0.25) is 9.59 Å². The lowest BCUT2D eigenvalue weighted by molar-refractivity contribution is -0.142. The van der Waals surface area contributed by atoms with E-state index < -0.39 is 30.1 Å². The van der Waals surface area contributed by atoms with Crippen molar-refractivity contribution < 1.29 is 24.2 Å². The first-order valence-electron chi connectivity index (χ1n) is 11.5. The number of hydrogen-bond acceptors (Lipinski definition) is 4. The summed E-state index contributed by atoms with van der Waals surface area (Å²) < 4.78 is 5.59. The van der Waals surface area contributed by atoms with Gasteiger partial charge in [-0.1, -0.05) is 61.9 Å². The highest BCUT2D eigenvalue weighted by Gasteiger charge is 2.29. The van der Waals surface area contributed by atoms with Gasteiger partial charge in [0.2, 0.25) is 5.91 Å². The van der Waals surface area contributed by atoms with E-state index in [1.165, 1.54) is 0 Å². The average Bonchev–Trinajstić information content (AvgIpc) is 3.11. The lowest BCUT2D eigenvalue weighted by Gasteiger charge is -2.22. The highest BCUT2D eigenvalue weighted by Crippen LogP contribution is 2.44. The lowest BCUT2D eigenvalue weighted by Crippen LogP contribution is -2.44. The quantitative estimate of drug-likeness (QED) is 0.498. The number of ether oxygens (including phenoxy) is 1. The highest BCUT2D eigenvalue weighted by atomic mass is 16.5. The molecule has 176 valence electrons. The maximum absolute atomic E-state index is 12.6. The average molecular weight is 453 g/mol. The monoisotopic (exact) mass is 452 g/mol. The minimum atomic E-state index is -0.968. The normalized spacial score (nSPS) is 15.0. The van der Waals surface area contributed by atoms with Crippen LogP contribution in [0.2, 0.25) is 0 Å². The maximum Gasteiger partial charge on any atom is 0.407 e. The molecule has 0 saturated heterocycles. The summed E-state index contributed by atoms with van der Waals surface area (Å²) in [6.07, 6.45) is 0.896. The first-order valence-corrected chi connectivity index (χ1v) is 11.5. The van der Waals surface area contributed by atoms with Crippen molar-refractivity contribution in [3.63, 3.8) is 0 Å². The molecule has 0 aliphatic heterocycles. The predicted molar refractivity (Wildman–Crippen MR) is 126 cm³/mol. The summed E-state index contributed by atoms with van der Waals surface area (Å²) in [6, 6.07) is 15.4. The Morgan fingerprint density at radius 1 is 0.970 bits per heavy atom. The zero-order valence-electron chi connectivity index (χ0n) is 19.3. The van der Waals surface area contributed by atoms with Crippen LogP contribution < -0.4 is 10.6 Å². The van der Waals surface area contributed by atoms with Gasteiger partial charge in [0.25, 0.3) is 0 Å². The van der Waals surface area contributed by atoms with Crippen LogP contribution in [0.1, 0.15) is 57.1 Å². The molecule has 0 saturated carbocycles. The second-order valence-electron chi connectivity index (χ2n) is 8.64. The standard InChI is InChI=1S/C26H32N2O5/c1-4-9-18(14-24(29)27-17(3)16(2)25(30)31)28-26(32)33-15-23-21-12-7-5-10-19(21)20-11-6-8-13-22(20)23/h5-8,10-13,16-18,23H,4,9,14-15H2,1-3H3,(H,27,29)(H,28,32)(H,30,31)/t16?,17?,18-/m1/s1. The predicted octanol–water partition coefficient (Wildman–Crippen LogP) is 4.31. The highest BCUT2D eigenvalue weighted by molar-refractivity contribution is 5.80. The molecule has 0 radical (unpaired) electrons. The lowest BCUT2D eigenvalue weighted by atomic mass is 9.98. The minimum Gasteiger partial charge on any atom is -0.481 e. The summed E-state index contributed by atoms with van der Waals surface area (Å²) in [6.45, 7) is 5.38. The molecule has 0 aromatic heterocycles. The summed E-state index contributed by atoms with van der Waals surface area (Å²) in [5, 5.41) is 14.6. The van der Waals surface area contributed by atoms with Crippen molar-refractivity contribution in [3.8, 4) is 11.1 Å². The van der Waals surface area contributed by atoms with E-state index in [4.69, 9.17) is 9.84 Å². The van der Waals surface area contributed by atoms with Crippen LogP contribution in [0.15, 0.2) is 48.5 Å². The number of hydrogen-bond donors (Lipinski definition) is 3. The van der Waals surface area contributed by atoms with Crippen LogP contribution in [0.4, 0.5) is 4.79 Å². The summed E-state index contributed by atoms with van der Waals surface area (Å²) in [7, 11) is 0. The number of rotatable bonds is 10. The summed E-state index contributed by atoms with van der Waals surface area (Å²) in [4.78, 5) is 36.1. The van der Waals surface area contributed by atoms with Gasteiger partial charge in [0.15, 0.2) is 0 Å². The van der Waals surface area contributed by atoms with Crippen molar-refractivity contribution in [2.75, 3.05) is 6.61 Å². The van der Waals surface area contributed by atoms with Crippen LogP contribution >= 0.6 is 0 Å². The van der Waals surface area contributed by atoms with Crippen LogP contribution in [-0.4, -0.2) is 41.8 Å². The molecule has 2 aromatic carbocycles. The molecule has 7 nitrogen and oxygen atoms in total. The van der Waals surface area contributed by atoms with Gasteiger partial charge in [0, 0.05) is 24.4 Å². The van der Waals surface area contributed by atoms with Gasteiger partial charge in [0.1, 0.15) is 6.61 Å². The molecule has 3 atom stereocenters. The SMILES string of the molecule is CCC[C@H](CC(=O)NC(C)C(C)C(=O)O)NC(=O)OCC1c2ccccc2-c2ccccc21. The van der Waals surface area contributed by atoms with Crippen LogP contribution in [0.3, 0.4) is 0 Å². The van der Waals surface area contributed by atoms with Crippen LogP contribution in [-0.2, 0) is 14.3 Å². The van der Waals surface area contributed by atoms with Gasteiger partial charge in [-0.2, -0.15) is 0 Å². The third-order valence-corrected chi connectivity index (χ3v) is 6.26. The van der Waals surface area contributed by atoms with E-state index in [0.717, 1.165) is 28.7 Å². The summed E-state index contributed by atoms with van der Waals surface area (Å²) in [5.41, 5.74) is 4.59. The van der Waals surface area contributed by atoms with Crippen LogP contribution in [0.5, 0.6) is 0 Å². The number of carbonyl (C=O) groups excluding carboxylic acids is 2. The number of aliphatic carboxylic acids is 1. The Hall–Kier alpha value is -3.35. The van der Waals surface area contributed by atoms with Gasteiger partial charge in [-0.15, -0.1) is 0 Å². The van der Waals surface area contributed by atoms with Crippen molar-refractivity contribution in [1.29, 1.82) is 0 Å². The molecule has 0 bridgehead atoms. The summed E-state index contributed by atoms with van der Waals surface area (Å²) >= 11 is 0. The number of alkyl carbamates (subject to hydrolysis) is 1. The molecule has 2 amide bonds. The molecule has 0 spiro atoms. The third-order valence-electron chi connectivity index (χ3n) is 6.26. The first kappa shape index (κ1) is 24.3. The first-order chi connectivity index (χ1) is 15.8. The van der Waals surface area contributed by atoms with Crippen molar-refractivity contribution in [2.45, 2.75) is 58.0 Å².